The Kier molecular flexibility index (Phi) is 4.22. The summed E-state index contributed by atoms with van der Waals surface area (Å²) in [6, 6.07) is 0. The van der Waals surface area contributed by atoms with Crippen molar-refractivity contribution in [3.8, 4) is 0 Å². The minimum Gasteiger partial charge on any atom is -0.413 e. The Morgan fingerprint density at radius 2 is 1.88 bits per heavy atom. The van der Waals surface area contributed by atoms with E-state index in [1.807, 2.05) is 6.92 Å². The van der Waals surface area contributed by atoms with Crippen LogP contribution in [0.2, 0.25) is 18.1 Å². The molecule has 0 bridgehead atoms. The summed E-state index contributed by atoms with van der Waals surface area (Å²) in [7, 11) is -1.73. The zero-order valence-electron chi connectivity index (χ0n) is 11.4. The predicted molar refractivity (Wildman–Crippen MR) is 67.8 cm³/mol. The molecule has 1 aliphatic heterocycles. The molecule has 1 saturated heterocycles. The molecule has 1 fully saturated rings. The molecule has 0 saturated carbocycles. The van der Waals surface area contributed by atoms with Gasteiger partial charge in [0.25, 0.3) is 0 Å². The standard InChI is InChI=1S/C12H26O3Si/c1-9-10(7-8-14-11(9)13)15-16(5,6)12(2,3)4/h9-11,13H,7-8H2,1-6H3. The van der Waals surface area contributed by atoms with Crippen molar-refractivity contribution in [2.45, 2.75) is 64.6 Å². The molecule has 0 aromatic rings. The highest BCUT2D eigenvalue weighted by atomic mass is 28.4. The lowest BCUT2D eigenvalue weighted by molar-refractivity contribution is -0.184. The van der Waals surface area contributed by atoms with Gasteiger partial charge in [0.15, 0.2) is 14.6 Å². The Labute approximate surface area is 100 Å². The summed E-state index contributed by atoms with van der Waals surface area (Å²) in [6.07, 6.45) is 0.373. The van der Waals surface area contributed by atoms with Crippen LogP contribution >= 0.6 is 0 Å². The van der Waals surface area contributed by atoms with Gasteiger partial charge in [0, 0.05) is 5.92 Å². The average molecular weight is 246 g/mol. The van der Waals surface area contributed by atoms with Gasteiger partial charge in [0.1, 0.15) is 0 Å². The summed E-state index contributed by atoms with van der Waals surface area (Å²) in [5.74, 6) is 0.0721. The quantitative estimate of drug-likeness (QED) is 0.761. The van der Waals surface area contributed by atoms with E-state index < -0.39 is 14.6 Å². The molecule has 0 radical (unpaired) electrons. The molecule has 16 heavy (non-hydrogen) atoms. The topological polar surface area (TPSA) is 38.7 Å². The smallest absolute Gasteiger partial charge is 0.192 e. The van der Waals surface area contributed by atoms with Gasteiger partial charge in [-0.1, -0.05) is 27.7 Å². The normalized spacial score (nSPS) is 32.8. The van der Waals surface area contributed by atoms with E-state index in [9.17, 15) is 5.11 Å². The highest BCUT2D eigenvalue weighted by Crippen LogP contribution is 2.39. The Balaban J connectivity index is 2.66. The molecule has 3 unspecified atom stereocenters. The Morgan fingerprint density at radius 1 is 1.31 bits per heavy atom. The van der Waals surface area contributed by atoms with Crippen LogP contribution in [0.3, 0.4) is 0 Å². The van der Waals surface area contributed by atoms with E-state index in [0.29, 0.717) is 6.61 Å². The number of hydrogen-bond acceptors (Lipinski definition) is 3. The third kappa shape index (κ3) is 3.06. The molecular formula is C12H26O3Si. The van der Waals surface area contributed by atoms with Gasteiger partial charge in [-0.15, -0.1) is 0 Å². The maximum atomic E-state index is 9.66. The lowest BCUT2D eigenvalue weighted by Crippen LogP contribution is -2.49. The molecule has 3 nitrogen and oxygen atoms in total. The van der Waals surface area contributed by atoms with Gasteiger partial charge in [-0.05, 0) is 24.6 Å². The molecule has 0 spiro atoms. The van der Waals surface area contributed by atoms with Gasteiger partial charge in [-0.3, -0.25) is 0 Å². The Bertz CT molecular complexity index is 235. The fourth-order valence-corrected chi connectivity index (χ4v) is 3.07. The highest BCUT2D eigenvalue weighted by Gasteiger charge is 2.42. The van der Waals surface area contributed by atoms with E-state index in [2.05, 4.69) is 33.9 Å². The van der Waals surface area contributed by atoms with E-state index >= 15 is 0 Å². The van der Waals surface area contributed by atoms with E-state index in [1.165, 1.54) is 0 Å². The van der Waals surface area contributed by atoms with Crippen LogP contribution in [-0.2, 0) is 9.16 Å². The van der Waals surface area contributed by atoms with E-state index in [0.717, 1.165) is 6.42 Å². The van der Waals surface area contributed by atoms with E-state index in [4.69, 9.17) is 9.16 Å². The maximum absolute atomic E-state index is 9.66. The van der Waals surface area contributed by atoms with Gasteiger partial charge < -0.3 is 14.3 Å². The molecule has 3 atom stereocenters. The van der Waals surface area contributed by atoms with E-state index in [1.54, 1.807) is 0 Å². The predicted octanol–water partition coefficient (Wildman–Crippen LogP) is 2.75. The van der Waals surface area contributed by atoms with Crippen LogP contribution in [0.25, 0.3) is 0 Å². The summed E-state index contributed by atoms with van der Waals surface area (Å²) >= 11 is 0. The SMILES string of the molecule is CC1C(O)OCCC1O[Si](C)(C)C(C)(C)C. The molecule has 0 aromatic heterocycles. The number of rotatable bonds is 2. The summed E-state index contributed by atoms with van der Waals surface area (Å²) in [6.45, 7) is 13.8. The fourth-order valence-electron chi connectivity index (χ4n) is 1.62. The zero-order valence-corrected chi connectivity index (χ0v) is 12.4. The summed E-state index contributed by atoms with van der Waals surface area (Å²) in [4.78, 5) is 0. The van der Waals surface area contributed by atoms with Crippen molar-refractivity contribution in [1.82, 2.24) is 0 Å². The lowest BCUT2D eigenvalue weighted by Gasteiger charge is -2.43. The molecule has 1 N–H and O–H groups in total. The van der Waals surface area contributed by atoms with Crippen LogP contribution < -0.4 is 0 Å². The Morgan fingerprint density at radius 3 is 2.38 bits per heavy atom. The summed E-state index contributed by atoms with van der Waals surface area (Å²) in [5, 5.41) is 9.88. The van der Waals surface area contributed by atoms with Crippen molar-refractivity contribution in [2.24, 2.45) is 5.92 Å². The van der Waals surface area contributed by atoms with Gasteiger partial charge in [-0.2, -0.15) is 0 Å². The van der Waals surface area contributed by atoms with Crippen LogP contribution in [0.1, 0.15) is 34.1 Å². The largest absolute Gasteiger partial charge is 0.413 e. The molecule has 0 aliphatic carbocycles. The molecular weight excluding hydrogens is 220 g/mol. The second-order valence-corrected chi connectivity index (χ2v) is 11.1. The van der Waals surface area contributed by atoms with E-state index in [-0.39, 0.29) is 17.1 Å². The average Bonchev–Trinajstić information content (AvgIpc) is 2.11. The maximum Gasteiger partial charge on any atom is 0.192 e. The number of ether oxygens (including phenoxy) is 1. The number of aliphatic hydroxyl groups excluding tert-OH is 1. The van der Waals surface area contributed by atoms with Crippen LogP contribution in [0.5, 0.6) is 0 Å². The van der Waals surface area contributed by atoms with Crippen LogP contribution in [0.15, 0.2) is 0 Å². The van der Waals surface area contributed by atoms with Gasteiger partial charge >= 0.3 is 0 Å². The molecule has 1 rings (SSSR count). The molecule has 1 heterocycles. The summed E-state index contributed by atoms with van der Waals surface area (Å²) < 4.78 is 11.5. The highest BCUT2D eigenvalue weighted by molar-refractivity contribution is 6.74. The number of hydrogen-bond donors (Lipinski definition) is 1. The van der Waals surface area contributed by atoms with Crippen LogP contribution in [0, 0.1) is 5.92 Å². The number of aliphatic hydroxyl groups is 1. The first-order valence-electron chi connectivity index (χ1n) is 6.12. The van der Waals surface area contributed by atoms with Crippen molar-refractivity contribution in [2.75, 3.05) is 6.61 Å². The fraction of sp³-hybridized carbons (Fsp3) is 1.00. The Hall–Kier alpha value is 0.0969. The molecule has 96 valence electrons. The minimum absolute atomic E-state index is 0.0721. The summed E-state index contributed by atoms with van der Waals surface area (Å²) in [5.41, 5.74) is 0. The zero-order chi connectivity index (χ0) is 12.6. The second kappa shape index (κ2) is 4.76. The van der Waals surface area contributed by atoms with Crippen molar-refractivity contribution in [1.29, 1.82) is 0 Å². The molecule has 0 aromatic carbocycles. The van der Waals surface area contributed by atoms with Crippen molar-refractivity contribution >= 4 is 8.32 Å². The molecule has 0 amide bonds. The van der Waals surface area contributed by atoms with Crippen molar-refractivity contribution in [3.63, 3.8) is 0 Å². The van der Waals surface area contributed by atoms with Crippen LogP contribution in [0.4, 0.5) is 0 Å². The first-order chi connectivity index (χ1) is 7.15. The van der Waals surface area contributed by atoms with Crippen LogP contribution in [-0.4, -0.2) is 32.4 Å². The monoisotopic (exact) mass is 246 g/mol. The first kappa shape index (κ1) is 14.2. The van der Waals surface area contributed by atoms with Gasteiger partial charge in [0.2, 0.25) is 0 Å². The third-order valence-electron chi connectivity index (χ3n) is 3.98. The lowest BCUT2D eigenvalue weighted by atomic mass is 10.00. The third-order valence-corrected chi connectivity index (χ3v) is 8.48. The van der Waals surface area contributed by atoms with Crippen molar-refractivity contribution < 1.29 is 14.3 Å². The van der Waals surface area contributed by atoms with Crippen molar-refractivity contribution in [3.05, 3.63) is 0 Å². The van der Waals surface area contributed by atoms with Gasteiger partial charge in [0.05, 0.1) is 12.7 Å². The second-order valence-electron chi connectivity index (χ2n) is 6.33. The molecule has 4 heteroatoms. The molecule has 1 aliphatic rings. The first-order valence-corrected chi connectivity index (χ1v) is 9.03. The van der Waals surface area contributed by atoms with Gasteiger partial charge in [-0.25, -0.2) is 0 Å². The minimum atomic E-state index is -1.73.